The Balaban J connectivity index is 3.26. The fraction of sp³-hybridized carbons (Fsp3) is 0.636. The Labute approximate surface area is 105 Å². The van der Waals surface area contributed by atoms with Gasteiger partial charge in [0, 0.05) is 18.7 Å². The molecular formula is C11H20N4O3. The quantitative estimate of drug-likeness (QED) is 0.578. The van der Waals surface area contributed by atoms with E-state index in [4.69, 9.17) is 10.8 Å². The highest BCUT2D eigenvalue weighted by atomic mass is 16.3. The SMILES string of the molecule is CCn1c(N)c(NC(C)(C)CCO)c(=O)[nH]c1=O. The van der Waals surface area contributed by atoms with Crippen molar-refractivity contribution in [2.24, 2.45) is 0 Å². The molecule has 18 heavy (non-hydrogen) atoms. The number of nitrogen functional groups attached to an aromatic ring is 1. The van der Waals surface area contributed by atoms with Gasteiger partial charge >= 0.3 is 5.69 Å². The second-order valence-electron chi connectivity index (χ2n) is 4.75. The summed E-state index contributed by atoms with van der Waals surface area (Å²) in [6, 6.07) is 0. The summed E-state index contributed by atoms with van der Waals surface area (Å²) in [6.07, 6.45) is 0.455. The van der Waals surface area contributed by atoms with Crippen LogP contribution in [0.1, 0.15) is 27.2 Å². The van der Waals surface area contributed by atoms with Crippen molar-refractivity contribution in [2.75, 3.05) is 17.7 Å². The number of aromatic amines is 1. The first-order valence-corrected chi connectivity index (χ1v) is 5.84. The molecule has 0 fully saturated rings. The maximum atomic E-state index is 11.7. The molecule has 0 radical (unpaired) electrons. The molecule has 0 unspecified atom stereocenters. The predicted molar refractivity (Wildman–Crippen MR) is 70.8 cm³/mol. The van der Waals surface area contributed by atoms with Crippen LogP contribution in [-0.2, 0) is 6.54 Å². The first kappa shape index (κ1) is 14.3. The standard InChI is InChI=1S/C11H20N4O3/c1-4-15-8(12)7(9(17)13-10(15)18)14-11(2,3)5-6-16/h14,16H,4-6,12H2,1-3H3,(H,13,17,18). The number of nitrogens with two attached hydrogens (primary N) is 1. The van der Waals surface area contributed by atoms with Gasteiger partial charge in [0.05, 0.1) is 0 Å². The van der Waals surface area contributed by atoms with E-state index in [1.807, 2.05) is 13.8 Å². The van der Waals surface area contributed by atoms with E-state index >= 15 is 0 Å². The molecule has 1 heterocycles. The fourth-order valence-corrected chi connectivity index (χ4v) is 1.70. The molecule has 1 aromatic rings. The van der Waals surface area contributed by atoms with E-state index in [0.717, 1.165) is 0 Å². The van der Waals surface area contributed by atoms with E-state index in [0.29, 0.717) is 13.0 Å². The number of nitrogens with one attached hydrogen (secondary N) is 2. The summed E-state index contributed by atoms with van der Waals surface area (Å²) in [5.74, 6) is 0.109. The van der Waals surface area contributed by atoms with Crippen LogP contribution in [0.3, 0.4) is 0 Å². The number of hydrogen-bond acceptors (Lipinski definition) is 5. The van der Waals surface area contributed by atoms with Gasteiger partial charge in [-0.15, -0.1) is 0 Å². The normalized spacial score (nSPS) is 11.6. The number of nitrogens with zero attached hydrogens (tertiary/aromatic N) is 1. The summed E-state index contributed by atoms with van der Waals surface area (Å²) in [6.45, 7) is 5.80. The zero-order valence-electron chi connectivity index (χ0n) is 10.9. The summed E-state index contributed by atoms with van der Waals surface area (Å²) in [5.41, 5.74) is 4.41. The molecule has 1 rings (SSSR count). The van der Waals surface area contributed by atoms with Crippen LogP contribution in [0.15, 0.2) is 9.59 Å². The van der Waals surface area contributed by atoms with Gasteiger partial charge in [-0.25, -0.2) is 4.79 Å². The summed E-state index contributed by atoms with van der Waals surface area (Å²) in [5, 5.41) is 11.9. The van der Waals surface area contributed by atoms with Crippen molar-refractivity contribution in [1.29, 1.82) is 0 Å². The van der Waals surface area contributed by atoms with Gasteiger partial charge in [0.15, 0.2) is 0 Å². The van der Waals surface area contributed by atoms with Gasteiger partial charge in [0.2, 0.25) is 0 Å². The van der Waals surface area contributed by atoms with Gasteiger partial charge in [-0.1, -0.05) is 0 Å². The molecule has 0 saturated heterocycles. The maximum Gasteiger partial charge on any atom is 0.330 e. The molecule has 0 aliphatic rings. The molecule has 0 spiro atoms. The minimum atomic E-state index is -0.548. The van der Waals surface area contributed by atoms with E-state index in [9.17, 15) is 9.59 Å². The van der Waals surface area contributed by atoms with E-state index in [2.05, 4.69) is 10.3 Å². The van der Waals surface area contributed by atoms with Gasteiger partial charge < -0.3 is 16.2 Å². The smallest absolute Gasteiger partial charge is 0.330 e. The molecule has 5 N–H and O–H groups in total. The maximum absolute atomic E-state index is 11.7. The Bertz CT molecular complexity index is 530. The van der Waals surface area contributed by atoms with Crippen LogP contribution in [0.5, 0.6) is 0 Å². The molecule has 0 saturated carbocycles. The highest BCUT2D eigenvalue weighted by Crippen LogP contribution is 2.18. The first-order valence-electron chi connectivity index (χ1n) is 5.84. The van der Waals surface area contributed by atoms with Gasteiger partial charge in [-0.2, -0.15) is 0 Å². The Kier molecular flexibility index (Phi) is 4.18. The van der Waals surface area contributed by atoms with Crippen molar-refractivity contribution in [3.63, 3.8) is 0 Å². The lowest BCUT2D eigenvalue weighted by molar-refractivity contribution is 0.261. The number of rotatable bonds is 5. The molecular weight excluding hydrogens is 236 g/mol. The summed E-state index contributed by atoms with van der Waals surface area (Å²) < 4.78 is 1.28. The van der Waals surface area contributed by atoms with Crippen molar-refractivity contribution in [3.8, 4) is 0 Å². The van der Waals surface area contributed by atoms with Crippen LogP contribution in [0, 0.1) is 0 Å². The summed E-state index contributed by atoms with van der Waals surface area (Å²) >= 11 is 0. The van der Waals surface area contributed by atoms with Crippen molar-refractivity contribution in [3.05, 3.63) is 20.8 Å². The zero-order valence-corrected chi connectivity index (χ0v) is 10.9. The third-order valence-electron chi connectivity index (χ3n) is 2.76. The van der Waals surface area contributed by atoms with Crippen LogP contribution < -0.4 is 22.3 Å². The Morgan fingerprint density at radius 2 is 2.06 bits per heavy atom. The largest absolute Gasteiger partial charge is 0.396 e. The lowest BCUT2D eigenvalue weighted by Gasteiger charge is -2.27. The van der Waals surface area contributed by atoms with E-state index in [1.54, 1.807) is 6.92 Å². The topological polar surface area (TPSA) is 113 Å². The Morgan fingerprint density at radius 1 is 1.44 bits per heavy atom. The fourth-order valence-electron chi connectivity index (χ4n) is 1.70. The minimum Gasteiger partial charge on any atom is -0.396 e. The molecule has 1 aromatic heterocycles. The zero-order chi connectivity index (χ0) is 13.9. The molecule has 0 atom stereocenters. The molecule has 0 aromatic carbocycles. The first-order chi connectivity index (χ1) is 8.32. The average Bonchev–Trinajstić information content (AvgIpc) is 2.24. The number of hydrogen-bond donors (Lipinski definition) is 4. The van der Waals surface area contributed by atoms with Crippen molar-refractivity contribution >= 4 is 11.5 Å². The highest BCUT2D eigenvalue weighted by molar-refractivity contribution is 5.61. The van der Waals surface area contributed by atoms with Crippen LogP contribution in [0.25, 0.3) is 0 Å². The Hall–Kier alpha value is -1.76. The lowest BCUT2D eigenvalue weighted by atomic mass is 10.0. The monoisotopic (exact) mass is 256 g/mol. The number of aliphatic hydroxyl groups is 1. The number of H-pyrrole nitrogens is 1. The van der Waals surface area contributed by atoms with Crippen LogP contribution in [0.4, 0.5) is 11.5 Å². The van der Waals surface area contributed by atoms with Crippen molar-refractivity contribution in [1.82, 2.24) is 9.55 Å². The van der Waals surface area contributed by atoms with Gasteiger partial charge in [-0.3, -0.25) is 14.3 Å². The lowest BCUT2D eigenvalue weighted by Crippen LogP contribution is -2.39. The third-order valence-corrected chi connectivity index (χ3v) is 2.76. The second-order valence-corrected chi connectivity index (χ2v) is 4.75. The average molecular weight is 256 g/mol. The molecule has 7 heteroatoms. The highest BCUT2D eigenvalue weighted by Gasteiger charge is 2.21. The van der Waals surface area contributed by atoms with Crippen LogP contribution >= 0.6 is 0 Å². The van der Waals surface area contributed by atoms with E-state index < -0.39 is 16.8 Å². The van der Waals surface area contributed by atoms with Crippen LogP contribution in [-0.4, -0.2) is 26.8 Å². The van der Waals surface area contributed by atoms with E-state index in [-0.39, 0.29) is 18.1 Å². The Morgan fingerprint density at radius 3 is 2.56 bits per heavy atom. The summed E-state index contributed by atoms with van der Waals surface area (Å²) in [4.78, 5) is 25.4. The van der Waals surface area contributed by atoms with Crippen molar-refractivity contribution in [2.45, 2.75) is 39.3 Å². The van der Waals surface area contributed by atoms with Gasteiger partial charge in [0.1, 0.15) is 11.5 Å². The number of aromatic nitrogens is 2. The van der Waals surface area contributed by atoms with Crippen molar-refractivity contribution < 1.29 is 5.11 Å². The molecule has 7 nitrogen and oxygen atoms in total. The van der Waals surface area contributed by atoms with Gasteiger partial charge in [-0.05, 0) is 27.2 Å². The molecule has 0 aliphatic heterocycles. The van der Waals surface area contributed by atoms with Crippen LogP contribution in [0.2, 0.25) is 0 Å². The second kappa shape index (κ2) is 5.26. The van der Waals surface area contributed by atoms with E-state index in [1.165, 1.54) is 4.57 Å². The molecule has 0 amide bonds. The summed E-state index contributed by atoms with van der Waals surface area (Å²) in [7, 11) is 0. The number of aliphatic hydroxyl groups excluding tert-OH is 1. The third kappa shape index (κ3) is 2.92. The molecule has 0 bridgehead atoms. The number of anilines is 2. The predicted octanol–water partition coefficient (Wildman–Crippen LogP) is -0.288. The minimum absolute atomic E-state index is 0.00870. The van der Waals surface area contributed by atoms with Gasteiger partial charge in [0.25, 0.3) is 5.56 Å². The molecule has 102 valence electrons. The molecule has 0 aliphatic carbocycles.